The second-order valence-electron chi connectivity index (χ2n) is 6.21. The summed E-state index contributed by atoms with van der Waals surface area (Å²) in [6.45, 7) is 1.12. The van der Waals surface area contributed by atoms with E-state index in [2.05, 4.69) is 15.3 Å². The van der Waals surface area contributed by atoms with Crippen LogP contribution in [0.1, 0.15) is 6.42 Å². The summed E-state index contributed by atoms with van der Waals surface area (Å²) in [6.07, 6.45) is 2.08. The number of methoxy groups -OCH3 is 1. The van der Waals surface area contributed by atoms with E-state index in [9.17, 15) is 4.39 Å². The number of fused-ring (bicyclic) bond motifs is 1. The largest absolute Gasteiger partial charge is 0.496 e. The van der Waals surface area contributed by atoms with Gasteiger partial charge in [0.2, 0.25) is 0 Å². The Labute approximate surface area is 155 Å². The monoisotopic (exact) mass is 370 g/mol. The van der Waals surface area contributed by atoms with Crippen molar-refractivity contribution in [1.29, 1.82) is 0 Å². The van der Waals surface area contributed by atoms with Crippen molar-refractivity contribution in [1.82, 2.24) is 9.97 Å². The molecule has 0 bridgehead atoms. The Bertz CT molecular complexity index is 977. The maximum atomic E-state index is 13.8. The molecule has 27 heavy (non-hydrogen) atoms. The highest BCUT2D eigenvalue weighted by Gasteiger charge is 2.20. The van der Waals surface area contributed by atoms with Crippen molar-refractivity contribution < 1.29 is 18.6 Å². The number of hydrogen-bond acceptors (Lipinski definition) is 7. The highest BCUT2D eigenvalue weighted by molar-refractivity contribution is 5.98. The minimum absolute atomic E-state index is 0.108. The average Bonchev–Trinajstić information content (AvgIpc) is 3.16. The molecule has 0 spiro atoms. The lowest BCUT2D eigenvalue weighted by molar-refractivity contribution is 0.141. The first kappa shape index (κ1) is 17.3. The zero-order chi connectivity index (χ0) is 18.8. The molecule has 3 aromatic rings. The van der Waals surface area contributed by atoms with Gasteiger partial charge < -0.3 is 25.3 Å². The topological polar surface area (TPSA) is 91.5 Å². The summed E-state index contributed by atoms with van der Waals surface area (Å²) in [4.78, 5) is 8.57. The van der Waals surface area contributed by atoms with Gasteiger partial charge in [-0.1, -0.05) is 0 Å². The minimum atomic E-state index is -0.382. The van der Waals surface area contributed by atoms with E-state index in [4.69, 9.17) is 19.9 Å². The number of anilines is 3. The van der Waals surface area contributed by atoms with Crippen LogP contribution in [0.15, 0.2) is 36.7 Å². The molecule has 1 aliphatic heterocycles. The predicted octanol–water partition coefficient (Wildman–Crippen LogP) is 3.27. The van der Waals surface area contributed by atoms with Crippen LogP contribution in [0.25, 0.3) is 10.9 Å². The Morgan fingerprint density at radius 3 is 2.89 bits per heavy atom. The molecule has 0 radical (unpaired) electrons. The lowest BCUT2D eigenvalue weighted by Gasteiger charge is -2.17. The van der Waals surface area contributed by atoms with Gasteiger partial charge in [0.1, 0.15) is 35.6 Å². The Hall–Kier alpha value is -3.13. The van der Waals surface area contributed by atoms with E-state index < -0.39 is 0 Å². The quantitative estimate of drug-likeness (QED) is 0.666. The van der Waals surface area contributed by atoms with Crippen molar-refractivity contribution in [2.75, 3.05) is 31.4 Å². The van der Waals surface area contributed by atoms with Crippen LogP contribution in [-0.4, -0.2) is 36.4 Å². The molecule has 1 unspecified atom stereocenters. The molecule has 1 saturated heterocycles. The van der Waals surface area contributed by atoms with Gasteiger partial charge >= 0.3 is 0 Å². The van der Waals surface area contributed by atoms with E-state index >= 15 is 0 Å². The van der Waals surface area contributed by atoms with Crippen molar-refractivity contribution in [3.8, 4) is 11.5 Å². The maximum Gasteiger partial charge on any atom is 0.146 e. The normalized spacial score (nSPS) is 16.4. The van der Waals surface area contributed by atoms with Crippen molar-refractivity contribution >= 4 is 28.1 Å². The summed E-state index contributed by atoms with van der Waals surface area (Å²) in [7, 11) is 1.55. The molecule has 1 aliphatic rings. The van der Waals surface area contributed by atoms with E-state index in [0.29, 0.717) is 52.8 Å². The lowest BCUT2D eigenvalue weighted by atomic mass is 10.2. The molecule has 140 valence electrons. The highest BCUT2D eigenvalue weighted by Crippen LogP contribution is 2.36. The Kier molecular flexibility index (Phi) is 4.64. The van der Waals surface area contributed by atoms with Crippen molar-refractivity contribution in [3.63, 3.8) is 0 Å². The molecule has 3 N–H and O–H groups in total. The molecular formula is C19H19FN4O3. The molecule has 0 amide bonds. The zero-order valence-electron chi connectivity index (χ0n) is 14.7. The van der Waals surface area contributed by atoms with E-state index in [1.165, 1.54) is 18.5 Å². The molecule has 2 heterocycles. The maximum absolute atomic E-state index is 13.8. The van der Waals surface area contributed by atoms with Gasteiger partial charge in [-0.3, -0.25) is 0 Å². The number of nitrogens with zero attached hydrogens (tertiary/aromatic N) is 2. The summed E-state index contributed by atoms with van der Waals surface area (Å²) in [6, 6.07) is 7.76. The molecule has 0 saturated carbocycles. The summed E-state index contributed by atoms with van der Waals surface area (Å²) < 4.78 is 30.5. The van der Waals surface area contributed by atoms with Crippen LogP contribution in [0, 0.1) is 5.82 Å². The van der Waals surface area contributed by atoms with Gasteiger partial charge in [-0.15, -0.1) is 0 Å². The first-order chi connectivity index (χ1) is 13.1. The SMILES string of the molecule is COc1cc(N)cc2ncnc(Nc3ccc(F)cc3OC3CCOC3)c12. The number of nitrogens with one attached hydrogen (secondary N) is 1. The number of benzene rings is 2. The predicted molar refractivity (Wildman–Crippen MR) is 100 cm³/mol. The van der Waals surface area contributed by atoms with E-state index in [0.717, 1.165) is 6.42 Å². The first-order valence-electron chi connectivity index (χ1n) is 8.53. The van der Waals surface area contributed by atoms with Crippen molar-refractivity contribution in [2.45, 2.75) is 12.5 Å². The highest BCUT2D eigenvalue weighted by atomic mass is 19.1. The van der Waals surface area contributed by atoms with Crippen LogP contribution in [0.5, 0.6) is 11.5 Å². The fourth-order valence-corrected chi connectivity index (χ4v) is 3.04. The summed E-state index contributed by atoms with van der Waals surface area (Å²) >= 11 is 0. The van der Waals surface area contributed by atoms with Gasteiger partial charge in [-0.05, 0) is 18.2 Å². The standard InChI is InChI=1S/C19H19FN4O3/c1-25-17-8-12(21)7-15-18(17)19(23-10-22-15)24-14-3-2-11(20)6-16(14)27-13-4-5-26-9-13/h2-3,6-8,10,13H,4-5,9,21H2,1H3,(H,22,23,24). The Morgan fingerprint density at radius 2 is 2.11 bits per heavy atom. The van der Waals surface area contributed by atoms with Crippen LogP contribution in [0.2, 0.25) is 0 Å². The number of halogens is 1. The number of rotatable bonds is 5. The number of aromatic nitrogens is 2. The number of hydrogen-bond donors (Lipinski definition) is 2. The minimum Gasteiger partial charge on any atom is -0.496 e. The molecule has 1 aromatic heterocycles. The average molecular weight is 370 g/mol. The van der Waals surface area contributed by atoms with Crippen LogP contribution in [0.4, 0.5) is 21.6 Å². The smallest absolute Gasteiger partial charge is 0.146 e. The van der Waals surface area contributed by atoms with Crippen molar-refractivity contribution in [2.24, 2.45) is 0 Å². The van der Waals surface area contributed by atoms with Gasteiger partial charge in [0, 0.05) is 24.2 Å². The van der Waals surface area contributed by atoms with Crippen LogP contribution >= 0.6 is 0 Å². The van der Waals surface area contributed by atoms with Crippen LogP contribution in [0.3, 0.4) is 0 Å². The Balaban J connectivity index is 1.74. The molecular weight excluding hydrogens is 351 g/mol. The van der Waals surface area contributed by atoms with Gasteiger partial charge in [0.05, 0.1) is 36.9 Å². The first-order valence-corrected chi connectivity index (χ1v) is 8.53. The number of nitrogen functional groups attached to an aromatic ring is 1. The number of nitrogens with two attached hydrogens (primary N) is 1. The van der Waals surface area contributed by atoms with E-state index in [1.54, 1.807) is 25.3 Å². The zero-order valence-corrected chi connectivity index (χ0v) is 14.7. The lowest BCUT2D eigenvalue weighted by Crippen LogP contribution is -2.16. The van der Waals surface area contributed by atoms with Crippen LogP contribution in [-0.2, 0) is 4.74 Å². The molecule has 2 aromatic carbocycles. The van der Waals surface area contributed by atoms with Gasteiger partial charge in [0.25, 0.3) is 0 Å². The molecule has 1 fully saturated rings. The summed E-state index contributed by atoms with van der Waals surface area (Å²) in [5.74, 6) is 1.07. The van der Waals surface area contributed by atoms with Gasteiger partial charge in [-0.25, -0.2) is 14.4 Å². The van der Waals surface area contributed by atoms with Gasteiger partial charge in [-0.2, -0.15) is 0 Å². The van der Waals surface area contributed by atoms with Crippen LogP contribution < -0.4 is 20.5 Å². The summed E-state index contributed by atoms with van der Waals surface area (Å²) in [5, 5.41) is 3.88. The fraction of sp³-hybridized carbons (Fsp3) is 0.263. The molecule has 7 nitrogen and oxygen atoms in total. The molecule has 4 rings (SSSR count). The second kappa shape index (κ2) is 7.24. The molecule has 0 aliphatic carbocycles. The third-order valence-electron chi connectivity index (χ3n) is 4.32. The van der Waals surface area contributed by atoms with E-state index in [1.807, 2.05) is 0 Å². The number of ether oxygens (including phenoxy) is 3. The Morgan fingerprint density at radius 1 is 1.22 bits per heavy atom. The van der Waals surface area contributed by atoms with Gasteiger partial charge in [0.15, 0.2) is 0 Å². The third-order valence-corrected chi connectivity index (χ3v) is 4.32. The second-order valence-corrected chi connectivity index (χ2v) is 6.21. The molecule has 1 atom stereocenters. The van der Waals surface area contributed by atoms with E-state index in [-0.39, 0.29) is 11.9 Å². The third kappa shape index (κ3) is 3.56. The summed E-state index contributed by atoms with van der Waals surface area (Å²) in [5.41, 5.74) is 7.66. The van der Waals surface area contributed by atoms with Crippen molar-refractivity contribution in [3.05, 3.63) is 42.5 Å². The fourth-order valence-electron chi connectivity index (χ4n) is 3.04. The molecule has 8 heteroatoms.